The molecule has 1 aliphatic heterocycles. The average Bonchev–Trinajstić information content (AvgIpc) is 2.81. The molecule has 1 aliphatic rings. The first-order chi connectivity index (χ1) is 15.2. The lowest BCUT2D eigenvalue weighted by molar-refractivity contribution is 0.144. The molecule has 6 nitrogen and oxygen atoms in total. The summed E-state index contributed by atoms with van der Waals surface area (Å²) in [4.78, 5) is 4.49. The number of benzene rings is 3. The van der Waals surface area contributed by atoms with Crippen LogP contribution in [0.1, 0.15) is 0 Å². The second kappa shape index (κ2) is 10.4. The van der Waals surface area contributed by atoms with Crippen molar-refractivity contribution in [3.05, 3.63) is 77.8 Å². The van der Waals surface area contributed by atoms with Crippen LogP contribution in [-0.2, 0) is 4.74 Å². The smallest absolute Gasteiger partial charge is 0.169 e. The maximum atomic E-state index is 6.06. The number of nitrogens with zero attached hydrogens (tertiary/aromatic N) is 2. The molecule has 162 valence electrons. The highest BCUT2D eigenvalue weighted by molar-refractivity contribution is 6.30. The molecule has 0 saturated carbocycles. The van der Waals surface area contributed by atoms with Crippen molar-refractivity contribution in [1.29, 1.82) is 0 Å². The zero-order chi connectivity index (χ0) is 21.5. The van der Waals surface area contributed by atoms with Gasteiger partial charge in [0.1, 0.15) is 12.4 Å². The number of halogens is 1. The highest BCUT2D eigenvalue weighted by atomic mass is 35.5. The SMILES string of the molecule is COCCOc1cc(N2CNCN(c3ccc(Cl)cc3)C2)ccc1Oc1ccccc1. The average molecular weight is 440 g/mol. The van der Waals surface area contributed by atoms with Gasteiger partial charge < -0.3 is 24.0 Å². The fourth-order valence-electron chi connectivity index (χ4n) is 3.36. The Hall–Kier alpha value is -2.93. The number of anilines is 2. The molecule has 7 heteroatoms. The monoisotopic (exact) mass is 439 g/mol. The van der Waals surface area contributed by atoms with E-state index in [1.54, 1.807) is 7.11 Å². The molecular formula is C24H26ClN3O3. The van der Waals surface area contributed by atoms with Crippen LogP contribution in [0.2, 0.25) is 5.02 Å². The molecule has 4 rings (SSSR count). The lowest BCUT2D eigenvalue weighted by Gasteiger charge is -2.39. The number of nitrogens with one attached hydrogen (secondary N) is 1. The van der Waals surface area contributed by atoms with Gasteiger partial charge in [-0.25, -0.2) is 0 Å². The molecule has 0 spiro atoms. The van der Waals surface area contributed by atoms with Crippen LogP contribution in [0.3, 0.4) is 0 Å². The number of hydrogen-bond donors (Lipinski definition) is 1. The van der Waals surface area contributed by atoms with E-state index in [2.05, 4.69) is 21.2 Å². The fourth-order valence-corrected chi connectivity index (χ4v) is 3.49. The van der Waals surface area contributed by atoms with E-state index in [0.29, 0.717) is 24.7 Å². The first kappa shape index (κ1) is 21.3. The van der Waals surface area contributed by atoms with Crippen molar-refractivity contribution in [2.24, 2.45) is 0 Å². The van der Waals surface area contributed by atoms with Gasteiger partial charge in [0.2, 0.25) is 0 Å². The third kappa shape index (κ3) is 5.61. The summed E-state index contributed by atoms with van der Waals surface area (Å²) in [7, 11) is 1.66. The number of methoxy groups -OCH3 is 1. The van der Waals surface area contributed by atoms with Crippen molar-refractivity contribution in [3.8, 4) is 17.2 Å². The third-order valence-electron chi connectivity index (χ3n) is 4.95. The number of ether oxygens (including phenoxy) is 3. The third-order valence-corrected chi connectivity index (χ3v) is 5.20. The first-order valence-corrected chi connectivity index (χ1v) is 10.6. The summed E-state index contributed by atoms with van der Waals surface area (Å²) in [6, 6.07) is 23.6. The molecule has 0 atom stereocenters. The molecule has 1 heterocycles. The van der Waals surface area contributed by atoms with Gasteiger partial charge in [0.25, 0.3) is 0 Å². The Morgan fingerprint density at radius 1 is 0.839 bits per heavy atom. The van der Waals surface area contributed by atoms with E-state index in [4.69, 9.17) is 25.8 Å². The lowest BCUT2D eigenvalue weighted by atomic mass is 10.2. The van der Waals surface area contributed by atoms with Gasteiger partial charge in [-0.3, -0.25) is 5.32 Å². The summed E-state index contributed by atoms with van der Waals surface area (Å²) in [6.45, 7) is 3.20. The van der Waals surface area contributed by atoms with Gasteiger partial charge in [-0.2, -0.15) is 0 Å². The molecule has 0 aliphatic carbocycles. The Morgan fingerprint density at radius 2 is 1.55 bits per heavy atom. The zero-order valence-electron chi connectivity index (χ0n) is 17.5. The Morgan fingerprint density at radius 3 is 2.29 bits per heavy atom. The highest BCUT2D eigenvalue weighted by Crippen LogP contribution is 2.35. The van der Waals surface area contributed by atoms with Crippen molar-refractivity contribution in [2.75, 3.05) is 50.1 Å². The Bertz CT molecular complexity index is 970. The van der Waals surface area contributed by atoms with Crippen LogP contribution in [-0.4, -0.2) is 40.3 Å². The molecule has 1 saturated heterocycles. The van der Waals surface area contributed by atoms with Crippen molar-refractivity contribution < 1.29 is 14.2 Å². The fraction of sp³-hybridized carbons (Fsp3) is 0.250. The van der Waals surface area contributed by atoms with Crippen molar-refractivity contribution in [1.82, 2.24) is 5.32 Å². The molecule has 1 N–H and O–H groups in total. The van der Waals surface area contributed by atoms with E-state index in [-0.39, 0.29) is 0 Å². The predicted octanol–water partition coefficient (Wildman–Crippen LogP) is 4.95. The van der Waals surface area contributed by atoms with E-state index in [9.17, 15) is 0 Å². The quantitative estimate of drug-likeness (QED) is 0.501. The molecule has 0 aromatic heterocycles. The molecular weight excluding hydrogens is 414 g/mol. The van der Waals surface area contributed by atoms with E-state index >= 15 is 0 Å². The topological polar surface area (TPSA) is 46.2 Å². The van der Waals surface area contributed by atoms with Gasteiger partial charge in [0.05, 0.1) is 26.6 Å². The van der Waals surface area contributed by atoms with E-state index < -0.39 is 0 Å². The predicted molar refractivity (Wildman–Crippen MR) is 124 cm³/mol. The minimum atomic E-state index is 0.445. The highest BCUT2D eigenvalue weighted by Gasteiger charge is 2.19. The van der Waals surface area contributed by atoms with Crippen LogP contribution in [0.5, 0.6) is 17.2 Å². The van der Waals surface area contributed by atoms with Crippen molar-refractivity contribution >= 4 is 23.0 Å². The van der Waals surface area contributed by atoms with Crippen molar-refractivity contribution in [2.45, 2.75) is 0 Å². The van der Waals surface area contributed by atoms with Crippen LogP contribution in [0, 0.1) is 0 Å². The van der Waals surface area contributed by atoms with Gasteiger partial charge in [-0.1, -0.05) is 29.8 Å². The second-order valence-electron chi connectivity index (χ2n) is 7.15. The Labute approximate surface area is 187 Å². The minimum absolute atomic E-state index is 0.445. The summed E-state index contributed by atoms with van der Waals surface area (Å²) < 4.78 is 17.2. The summed E-state index contributed by atoms with van der Waals surface area (Å²) in [5, 5.41) is 4.18. The summed E-state index contributed by atoms with van der Waals surface area (Å²) in [5.74, 6) is 2.12. The zero-order valence-corrected chi connectivity index (χ0v) is 18.2. The molecule has 1 fully saturated rings. The maximum Gasteiger partial charge on any atom is 0.169 e. The minimum Gasteiger partial charge on any atom is -0.487 e. The Balaban J connectivity index is 1.54. The lowest BCUT2D eigenvalue weighted by Crippen LogP contribution is -2.53. The van der Waals surface area contributed by atoms with Crippen LogP contribution in [0.15, 0.2) is 72.8 Å². The van der Waals surface area contributed by atoms with Crippen LogP contribution < -0.4 is 24.6 Å². The molecule has 0 unspecified atom stereocenters. The molecule has 0 radical (unpaired) electrons. The summed E-state index contributed by atoms with van der Waals surface area (Å²) in [6.07, 6.45) is 0. The van der Waals surface area contributed by atoms with Gasteiger partial charge >= 0.3 is 0 Å². The number of hydrogen-bond acceptors (Lipinski definition) is 6. The number of para-hydroxylation sites is 1. The first-order valence-electron chi connectivity index (χ1n) is 10.2. The summed E-state index contributed by atoms with van der Waals surface area (Å²) in [5.41, 5.74) is 2.15. The van der Waals surface area contributed by atoms with Gasteiger partial charge in [0, 0.05) is 29.6 Å². The van der Waals surface area contributed by atoms with E-state index in [1.165, 1.54) is 0 Å². The van der Waals surface area contributed by atoms with E-state index in [1.807, 2.05) is 66.7 Å². The largest absolute Gasteiger partial charge is 0.487 e. The molecule has 0 amide bonds. The van der Waals surface area contributed by atoms with Gasteiger partial charge in [0.15, 0.2) is 11.5 Å². The molecule has 3 aromatic carbocycles. The maximum absolute atomic E-state index is 6.06. The summed E-state index contributed by atoms with van der Waals surface area (Å²) >= 11 is 6.04. The molecule has 31 heavy (non-hydrogen) atoms. The van der Waals surface area contributed by atoms with Crippen LogP contribution >= 0.6 is 11.6 Å². The van der Waals surface area contributed by atoms with E-state index in [0.717, 1.165) is 42.2 Å². The van der Waals surface area contributed by atoms with Crippen molar-refractivity contribution in [3.63, 3.8) is 0 Å². The van der Waals surface area contributed by atoms with Crippen LogP contribution in [0.4, 0.5) is 11.4 Å². The van der Waals surface area contributed by atoms with Crippen LogP contribution in [0.25, 0.3) is 0 Å². The standard InChI is InChI=1S/C24H26ClN3O3/c1-29-13-14-30-24-15-21(11-12-23(24)31-22-5-3-2-4-6-22)28-17-26-16-27(18-28)20-9-7-19(25)8-10-20/h2-12,15,26H,13-14,16-18H2,1H3. The molecule has 0 bridgehead atoms. The molecule has 3 aromatic rings. The number of rotatable bonds is 8. The Kier molecular flexibility index (Phi) is 7.14. The normalized spacial score (nSPS) is 13.9. The van der Waals surface area contributed by atoms with Gasteiger partial charge in [-0.15, -0.1) is 0 Å². The van der Waals surface area contributed by atoms with Gasteiger partial charge in [-0.05, 0) is 48.5 Å². The second-order valence-corrected chi connectivity index (χ2v) is 7.59.